The van der Waals surface area contributed by atoms with E-state index in [-0.39, 0.29) is 11.5 Å². The van der Waals surface area contributed by atoms with Crippen molar-refractivity contribution in [1.29, 1.82) is 0 Å². The zero-order chi connectivity index (χ0) is 15.0. The number of rotatable bonds is 3. The number of H-pyrrole nitrogens is 1. The molecule has 0 atom stereocenters. The molecule has 8 heteroatoms. The van der Waals surface area contributed by atoms with E-state index in [2.05, 4.69) is 36.4 Å². The van der Waals surface area contributed by atoms with Crippen molar-refractivity contribution in [2.45, 2.75) is 13.5 Å². The second-order valence-corrected chi connectivity index (χ2v) is 5.35. The van der Waals surface area contributed by atoms with Crippen molar-refractivity contribution in [3.63, 3.8) is 0 Å². The molecular weight excluding hydrogens is 341 g/mol. The van der Waals surface area contributed by atoms with Crippen LogP contribution >= 0.6 is 15.9 Å². The van der Waals surface area contributed by atoms with Crippen molar-refractivity contribution >= 4 is 27.4 Å². The van der Waals surface area contributed by atoms with Crippen LogP contribution in [0.1, 0.15) is 11.4 Å². The smallest absolute Gasteiger partial charge is 0.349 e. The second kappa shape index (κ2) is 5.28. The van der Waals surface area contributed by atoms with Crippen LogP contribution in [0.3, 0.4) is 0 Å². The van der Waals surface area contributed by atoms with E-state index in [0.29, 0.717) is 23.8 Å². The molecule has 0 saturated carbocycles. The Morgan fingerprint density at radius 2 is 2.24 bits per heavy atom. The lowest BCUT2D eigenvalue weighted by Crippen LogP contribution is -2.14. The van der Waals surface area contributed by atoms with Crippen LogP contribution in [0.4, 0.5) is 10.2 Å². The van der Waals surface area contributed by atoms with Crippen LogP contribution in [0.5, 0.6) is 0 Å². The number of nitrogens with one attached hydrogen (secondary N) is 2. The first kappa shape index (κ1) is 13.7. The Hall–Kier alpha value is -2.22. The molecule has 0 spiro atoms. The largest absolute Gasteiger partial charge is 0.366 e. The van der Waals surface area contributed by atoms with E-state index in [4.69, 9.17) is 0 Å². The highest BCUT2D eigenvalue weighted by molar-refractivity contribution is 9.10. The monoisotopic (exact) mass is 351 g/mol. The molecule has 0 amide bonds. The summed E-state index contributed by atoms with van der Waals surface area (Å²) in [5, 5.41) is 9.36. The topological polar surface area (TPSA) is 75.1 Å². The fourth-order valence-corrected chi connectivity index (χ4v) is 2.44. The molecule has 0 bridgehead atoms. The van der Waals surface area contributed by atoms with Crippen molar-refractivity contribution in [2.24, 2.45) is 0 Å². The number of aromatic amines is 1. The van der Waals surface area contributed by atoms with Crippen LogP contribution in [0.2, 0.25) is 0 Å². The summed E-state index contributed by atoms with van der Waals surface area (Å²) >= 11 is 3.37. The van der Waals surface area contributed by atoms with Gasteiger partial charge in [0.25, 0.3) is 0 Å². The quantitative estimate of drug-likeness (QED) is 0.758. The van der Waals surface area contributed by atoms with Crippen molar-refractivity contribution < 1.29 is 4.39 Å². The van der Waals surface area contributed by atoms with Crippen LogP contribution < -0.4 is 11.0 Å². The maximum Gasteiger partial charge on any atom is 0.349 e. The number of benzene rings is 1. The molecule has 0 fully saturated rings. The molecule has 2 aromatic heterocycles. The summed E-state index contributed by atoms with van der Waals surface area (Å²) in [6.07, 6.45) is 0. The fourth-order valence-electron chi connectivity index (χ4n) is 2.05. The molecule has 6 nitrogen and oxygen atoms in total. The van der Waals surface area contributed by atoms with Gasteiger partial charge in [-0.05, 0) is 30.7 Å². The van der Waals surface area contributed by atoms with Crippen molar-refractivity contribution in [1.82, 2.24) is 19.6 Å². The molecule has 3 aromatic rings. The molecule has 2 N–H and O–H groups in total. The normalized spacial score (nSPS) is 11.0. The van der Waals surface area contributed by atoms with Gasteiger partial charge in [-0.2, -0.15) is 5.10 Å². The highest BCUT2D eigenvalue weighted by atomic mass is 79.9. The molecule has 0 radical (unpaired) electrons. The molecule has 0 saturated heterocycles. The summed E-state index contributed by atoms with van der Waals surface area (Å²) in [4.78, 5) is 15.8. The number of hydrogen-bond acceptors (Lipinski definition) is 4. The highest BCUT2D eigenvalue weighted by Crippen LogP contribution is 2.19. The predicted octanol–water partition coefficient (Wildman–Crippen LogP) is 2.24. The Bertz CT molecular complexity index is 873. The van der Waals surface area contributed by atoms with E-state index in [9.17, 15) is 9.18 Å². The standard InChI is InChI=1S/C13H11BrFN5O/c1-7-17-11(5-12-18-19-13(21)20(7)12)16-6-8-4-9(15)2-3-10(8)14/h2-5,16H,6H2,1H3,(H,19,21). The van der Waals surface area contributed by atoms with E-state index in [0.717, 1.165) is 10.0 Å². The number of aromatic nitrogens is 4. The molecule has 21 heavy (non-hydrogen) atoms. The third-order valence-corrected chi connectivity index (χ3v) is 3.81. The van der Waals surface area contributed by atoms with Crippen LogP contribution in [0.25, 0.3) is 5.65 Å². The zero-order valence-electron chi connectivity index (χ0n) is 11.0. The van der Waals surface area contributed by atoms with Gasteiger partial charge in [0.2, 0.25) is 0 Å². The first-order valence-electron chi connectivity index (χ1n) is 6.17. The van der Waals surface area contributed by atoms with E-state index < -0.39 is 0 Å². The van der Waals surface area contributed by atoms with Crippen LogP contribution in [-0.2, 0) is 6.54 Å². The van der Waals surface area contributed by atoms with Gasteiger partial charge >= 0.3 is 5.69 Å². The van der Waals surface area contributed by atoms with E-state index in [1.165, 1.54) is 16.5 Å². The Morgan fingerprint density at radius 1 is 1.43 bits per heavy atom. The molecule has 2 heterocycles. The van der Waals surface area contributed by atoms with Gasteiger partial charge in [0.1, 0.15) is 17.5 Å². The van der Waals surface area contributed by atoms with Crippen molar-refractivity contribution in [3.8, 4) is 0 Å². The van der Waals surface area contributed by atoms with Crippen LogP contribution in [0, 0.1) is 12.7 Å². The van der Waals surface area contributed by atoms with Crippen molar-refractivity contribution in [2.75, 3.05) is 5.32 Å². The predicted molar refractivity (Wildman–Crippen MR) is 79.8 cm³/mol. The third kappa shape index (κ3) is 2.66. The SMILES string of the molecule is Cc1nc(NCc2cc(F)ccc2Br)cc2n[nH]c(=O)n12. The van der Waals surface area contributed by atoms with Gasteiger partial charge < -0.3 is 5.32 Å². The lowest BCUT2D eigenvalue weighted by molar-refractivity contribution is 0.625. The maximum atomic E-state index is 13.2. The minimum Gasteiger partial charge on any atom is -0.366 e. The molecule has 0 aliphatic carbocycles. The van der Waals surface area contributed by atoms with Crippen LogP contribution in [-0.4, -0.2) is 19.6 Å². The third-order valence-electron chi connectivity index (χ3n) is 3.04. The Morgan fingerprint density at radius 3 is 3.05 bits per heavy atom. The summed E-state index contributed by atoms with van der Waals surface area (Å²) in [6, 6.07) is 6.14. The van der Waals surface area contributed by atoms with Crippen molar-refractivity contribution in [3.05, 3.63) is 56.4 Å². The van der Waals surface area contributed by atoms with Gasteiger partial charge in [0.15, 0.2) is 5.65 Å². The Balaban J connectivity index is 1.88. The Kier molecular flexibility index (Phi) is 3.46. The first-order valence-corrected chi connectivity index (χ1v) is 6.96. The average Bonchev–Trinajstić information content (AvgIpc) is 2.82. The number of nitrogens with zero attached hydrogens (tertiary/aromatic N) is 3. The van der Waals surface area contributed by atoms with Gasteiger partial charge in [-0.1, -0.05) is 15.9 Å². The molecule has 0 aliphatic rings. The number of hydrogen-bond donors (Lipinski definition) is 2. The van der Waals surface area contributed by atoms with E-state index in [1.54, 1.807) is 19.1 Å². The number of halogens is 2. The van der Waals surface area contributed by atoms with Gasteiger partial charge in [-0.15, -0.1) is 0 Å². The molecule has 0 unspecified atom stereocenters. The molecule has 0 aliphatic heterocycles. The molecular formula is C13H11BrFN5O. The minimum absolute atomic E-state index is 0.298. The van der Waals surface area contributed by atoms with E-state index in [1.807, 2.05) is 0 Å². The van der Waals surface area contributed by atoms with Gasteiger partial charge in [0, 0.05) is 17.1 Å². The molecule has 108 valence electrons. The van der Waals surface area contributed by atoms with Gasteiger partial charge in [-0.3, -0.25) is 0 Å². The summed E-state index contributed by atoms with van der Waals surface area (Å²) in [5.41, 5.74) is 0.927. The Labute approximate surface area is 127 Å². The lowest BCUT2D eigenvalue weighted by Gasteiger charge is -2.09. The maximum absolute atomic E-state index is 13.2. The summed E-state index contributed by atoms with van der Waals surface area (Å²) < 4.78 is 15.4. The molecule has 1 aromatic carbocycles. The second-order valence-electron chi connectivity index (χ2n) is 4.50. The van der Waals surface area contributed by atoms with Gasteiger partial charge in [0.05, 0.1) is 0 Å². The first-order chi connectivity index (χ1) is 10.0. The summed E-state index contributed by atoms with van der Waals surface area (Å²) in [6.45, 7) is 2.11. The van der Waals surface area contributed by atoms with E-state index >= 15 is 0 Å². The zero-order valence-corrected chi connectivity index (χ0v) is 12.6. The number of aryl methyl sites for hydroxylation is 1. The van der Waals surface area contributed by atoms with Gasteiger partial charge in [-0.25, -0.2) is 23.7 Å². The summed E-state index contributed by atoms with van der Waals surface area (Å²) in [5.74, 6) is 0.788. The average molecular weight is 352 g/mol. The number of anilines is 1. The number of fused-ring (bicyclic) bond motifs is 1. The summed E-state index contributed by atoms with van der Waals surface area (Å²) in [7, 11) is 0. The fraction of sp³-hybridized carbons (Fsp3) is 0.154. The van der Waals surface area contributed by atoms with Crippen LogP contribution in [0.15, 0.2) is 33.5 Å². The highest BCUT2D eigenvalue weighted by Gasteiger charge is 2.07. The molecule has 3 rings (SSSR count). The minimum atomic E-state index is -0.325. The lowest BCUT2D eigenvalue weighted by atomic mass is 10.2.